The summed E-state index contributed by atoms with van der Waals surface area (Å²) in [4.78, 5) is 2.17. The number of sulfonamides is 1. The van der Waals surface area contributed by atoms with Crippen molar-refractivity contribution in [1.82, 2.24) is 14.9 Å². The van der Waals surface area contributed by atoms with Crippen LogP contribution in [-0.4, -0.2) is 58.0 Å². The van der Waals surface area contributed by atoms with Gasteiger partial charge in [-0.3, -0.25) is 0 Å². The van der Waals surface area contributed by atoms with Crippen molar-refractivity contribution in [2.24, 2.45) is 0 Å². The first kappa shape index (κ1) is 18.3. The molecule has 3 heterocycles. The van der Waals surface area contributed by atoms with Crippen molar-refractivity contribution in [2.45, 2.75) is 4.21 Å². The molecule has 0 unspecified atom stereocenters. The van der Waals surface area contributed by atoms with Gasteiger partial charge in [0.05, 0.1) is 29.4 Å². The van der Waals surface area contributed by atoms with E-state index in [9.17, 15) is 8.42 Å². The Morgan fingerprint density at radius 3 is 2.80 bits per heavy atom. The molecule has 0 bridgehead atoms. The molecule has 2 aromatic rings. The Hall–Kier alpha value is -1.46. The second-order valence-corrected chi connectivity index (χ2v) is 8.99. The van der Waals surface area contributed by atoms with Crippen molar-refractivity contribution in [2.75, 3.05) is 49.6 Å². The number of anilines is 2. The van der Waals surface area contributed by atoms with E-state index >= 15 is 0 Å². The molecule has 3 rings (SSSR count). The monoisotopic (exact) mass is 403 g/mol. The highest BCUT2D eigenvalue weighted by Gasteiger charge is 2.16. The molecule has 0 amide bonds. The Morgan fingerprint density at radius 2 is 2.08 bits per heavy atom. The Morgan fingerprint density at radius 1 is 1.28 bits per heavy atom. The molecule has 2 N–H and O–H groups in total. The van der Waals surface area contributed by atoms with Gasteiger partial charge < -0.3 is 15.0 Å². The van der Waals surface area contributed by atoms with E-state index in [4.69, 9.17) is 16.3 Å². The first-order valence-electron chi connectivity index (χ1n) is 7.69. The minimum Gasteiger partial charge on any atom is -0.378 e. The second kappa shape index (κ2) is 8.28. The highest BCUT2D eigenvalue weighted by molar-refractivity contribution is 7.91. The van der Waals surface area contributed by atoms with Gasteiger partial charge in [0.1, 0.15) is 4.21 Å². The van der Waals surface area contributed by atoms with Crippen LogP contribution in [0.25, 0.3) is 0 Å². The van der Waals surface area contributed by atoms with Crippen LogP contribution in [0.4, 0.5) is 11.5 Å². The van der Waals surface area contributed by atoms with Crippen LogP contribution in [-0.2, 0) is 14.8 Å². The fourth-order valence-electron chi connectivity index (χ4n) is 2.33. The van der Waals surface area contributed by atoms with Gasteiger partial charge in [0.2, 0.25) is 10.0 Å². The van der Waals surface area contributed by atoms with Gasteiger partial charge in [-0.15, -0.1) is 16.4 Å². The maximum atomic E-state index is 12.1. The van der Waals surface area contributed by atoms with Crippen molar-refractivity contribution < 1.29 is 13.2 Å². The van der Waals surface area contributed by atoms with Gasteiger partial charge in [-0.1, -0.05) is 11.6 Å². The number of aromatic nitrogens is 2. The van der Waals surface area contributed by atoms with E-state index in [1.54, 1.807) is 12.3 Å². The zero-order chi connectivity index (χ0) is 17.7. The smallest absolute Gasteiger partial charge is 0.250 e. The molecule has 136 valence electrons. The molecule has 0 spiro atoms. The summed E-state index contributed by atoms with van der Waals surface area (Å²) < 4.78 is 32.7. The van der Waals surface area contributed by atoms with Gasteiger partial charge in [-0.05, 0) is 12.1 Å². The molecule has 1 fully saturated rings. The van der Waals surface area contributed by atoms with Gasteiger partial charge in [0.15, 0.2) is 5.82 Å². The van der Waals surface area contributed by atoms with Crippen molar-refractivity contribution in [3.8, 4) is 0 Å². The molecular formula is C14H18ClN5O3S2. The summed E-state index contributed by atoms with van der Waals surface area (Å²) in [5.74, 6) is 0.599. The SMILES string of the molecule is O=S(=O)(NCCNc1cc(N2CCOCC2)cnn1)c1ccc(Cl)s1. The molecule has 0 aliphatic carbocycles. The fourth-order valence-corrected chi connectivity index (χ4v) is 4.89. The molecule has 0 aromatic carbocycles. The van der Waals surface area contributed by atoms with E-state index in [0.29, 0.717) is 29.9 Å². The molecule has 1 aliphatic rings. The Balaban J connectivity index is 1.50. The summed E-state index contributed by atoms with van der Waals surface area (Å²) in [6.07, 6.45) is 1.71. The van der Waals surface area contributed by atoms with E-state index in [0.717, 1.165) is 30.1 Å². The average Bonchev–Trinajstić information content (AvgIpc) is 3.07. The summed E-state index contributed by atoms with van der Waals surface area (Å²) in [5.41, 5.74) is 0.967. The zero-order valence-corrected chi connectivity index (χ0v) is 15.7. The summed E-state index contributed by atoms with van der Waals surface area (Å²) >= 11 is 6.80. The summed E-state index contributed by atoms with van der Waals surface area (Å²) in [6.45, 7) is 3.63. The van der Waals surface area contributed by atoms with Crippen LogP contribution in [0.15, 0.2) is 28.6 Å². The summed E-state index contributed by atoms with van der Waals surface area (Å²) in [5, 5.41) is 11.1. The van der Waals surface area contributed by atoms with Crippen LogP contribution in [0.1, 0.15) is 0 Å². The molecule has 0 radical (unpaired) electrons. The quantitative estimate of drug-likeness (QED) is 0.675. The molecule has 8 nitrogen and oxygen atoms in total. The molecule has 0 atom stereocenters. The molecule has 1 aliphatic heterocycles. The van der Waals surface area contributed by atoms with E-state index in [1.165, 1.54) is 6.07 Å². The van der Waals surface area contributed by atoms with Crippen LogP contribution < -0.4 is 14.9 Å². The third-order valence-electron chi connectivity index (χ3n) is 3.55. The lowest BCUT2D eigenvalue weighted by molar-refractivity contribution is 0.122. The maximum absolute atomic E-state index is 12.1. The minimum absolute atomic E-state index is 0.201. The van der Waals surface area contributed by atoms with Crippen molar-refractivity contribution in [1.29, 1.82) is 0 Å². The topological polar surface area (TPSA) is 96.5 Å². The number of nitrogens with one attached hydrogen (secondary N) is 2. The van der Waals surface area contributed by atoms with Crippen LogP contribution in [0.2, 0.25) is 4.34 Å². The first-order chi connectivity index (χ1) is 12.0. The lowest BCUT2D eigenvalue weighted by Crippen LogP contribution is -2.36. The Labute approximate surface area is 155 Å². The van der Waals surface area contributed by atoms with Gasteiger partial charge >= 0.3 is 0 Å². The fraction of sp³-hybridized carbons (Fsp3) is 0.429. The highest BCUT2D eigenvalue weighted by Crippen LogP contribution is 2.25. The number of ether oxygens (including phenoxy) is 1. The van der Waals surface area contributed by atoms with Crippen molar-refractivity contribution >= 4 is 44.5 Å². The standard InChI is InChI=1S/C14H18ClN5O3S2/c15-12-1-2-14(24-12)25(21,22)18-4-3-16-13-9-11(10-17-19-13)20-5-7-23-8-6-20/h1-2,9-10,18H,3-8H2,(H,16,19). The Bertz CT molecular complexity index is 808. The average molecular weight is 404 g/mol. The molecule has 1 saturated heterocycles. The lowest BCUT2D eigenvalue weighted by atomic mass is 10.3. The molecule has 25 heavy (non-hydrogen) atoms. The third-order valence-corrected chi connectivity index (χ3v) is 6.74. The number of thiophene rings is 1. The van der Waals surface area contributed by atoms with Gasteiger partial charge in [0.25, 0.3) is 0 Å². The Kier molecular flexibility index (Phi) is 6.07. The normalized spacial score (nSPS) is 15.3. The number of hydrogen-bond acceptors (Lipinski definition) is 8. The van der Waals surface area contributed by atoms with E-state index in [2.05, 4.69) is 25.1 Å². The first-order valence-corrected chi connectivity index (χ1v) is 10.4. The second-order valence-electron chi connectivity index (χ2n) is 5.28. The van der Waals surface area contributed by atoms with E-state index in [-0.39, 0.29) is 10.8 Å². The number of morpholine rings is 1. The van der Waals surface area contributed by atoms with Crippen molar-refractivity contribution in [3.05, 3.63) is 28.7 Å². The summed E-state index contributed by atoms with van der Waals surface area (Å²) in [6, 6.07) is 4.94. The predicted octanol–water partition coefficient (Wildman–Crippen LogP) is 1.42. The van der Waals surface area contributed by atoms with Crippen LogP contribution in [0.5, 0.6) is 0 Å². The number of nitrogens with zero attached hydrogens (tertiary/aromatic N) is 3. The molecule has 11 heteroatoms. The largest absolute Gasteiger partial charge is 0.378 e. The van der Waals surface area contributed by atoms with Gasteiger partial charge in [-0.2, -0.15) is 5.10 Å². The summed E-state index contributed by atoms with van der Waals surface area (Å²) in [7, 11) is -3.53. The highest BCUT2D eigenvalue weighted by atomic mass is 35.5. The van der Waals surface area contributed by atoms with Gasteiger partial charge in [0, 0.05) is 32.2 Å². The number of rotatable bonds is 7. The number of hydrogen-bond donors (Lipinski definition) is 2. The third kappa shape index (κ3) is 5.02. The minimum atomic E-state index is -3.53. The zero-order valence-electron chi connectivity index (χ0n) is 13.3. The van der Waals surface area contributed by atoms with Crippen molar-refractivity contribution in [3.63, 3.8) is 0 Å². The molecular weight excluding hydrogens is 386 g/mol. The molecule has 2 aromatic heterocycles. The lowest BCUT2D eigenvalue weighted by Gasteiger charge is -2.28. The van der Waals surface area contributed by atoms with E-state index in [1.807, 2.05) is 6.07 Å². The van der Waals surface area contributed by atoms with Crippen LogP contribution >= 0.6 is 22.9 Å². The maximum Gasteiger partial charge on any atom is 0.250 e. The molecule has 0 saturated carbocycles. The van der Waals surface area contributed by atoms with Crippen LogP contribution in [0, 0.1) is 0 Å². The van der Waals surface area contributed by atoms with Crippen LogP contribution in [0.3, 0.4) is 0 Å². The number of halogens is 1. The predicted molar refractivity (Wildman–Crippen MR) is 98.1 cm³/mol. The van der Waals surface area contributed by atoms with E-state index < -0.39 is 10.0 Å². The van der Waals surface area contributed by atoms with Gasteiger partial charge in [-0.25, -0.2) is 13.1 Å².